The third-order valence-electron chi connectivity index (χ3n) is 3.63. The highest BCUT2D eigenvalue weighted by atomic mass is 19.2. The summed E-state index contributed by atoms with van der Waals surface area (Å²) in [5, 5.41) is 0. The van der Waals surface area contributed by atoms with Gasteiger partial charge in [-0.3, -0.25) is 0 Å². The van der Waals surface area contributed by atoms with Crippen molar-refractivity contribution in [3.8, 4) is 5.75 Å². The van der Waals surface area contributed by atoms with Crippen molar-refractivity contribution in [1.82, 2.24) is 5.43 Å². The number of nitrogens with one attached hydrogen (secondary N) is 2. The van der Waals surface area contributed by atoms with Gasteiger partial charge in [0.1, 0.15) is 6.61 Å². The van der Waals surface area contributed by atoms with E-state index in [-0.39, 0.29) is 12.4 Å². The molecule has 0 bridgehead atoms. The van der Waals surface area contributed by atoms with E-state index in [1.54, 1.807) is 0 Å². The average molecular weight is 340 g/mol. The van der Waals surface area contributed by atoms with Crippen LogP contribution in [0.3, 0.4) is 0 Å². The zero-order valence-electron chi connectivity index (χ0n) is 13.5. The molecule has 0 fully saturated rings. The Morgan fingerprint density at radius 3 is 2.24 bits per heavy atom. The van der Waals surface area contributed by atoms with Gasteiger partial charge in [0.25, 0.3) is 0 Å². The lowest BCUT2D eigenvalue weighted by molar-refractivity contribution is 0.284. The normalized spacial score (nSPS) is 10.5. The third-order valence-corrected chi connectivity index (χ3v) is 3.63. The molecule has 0 atom stereocenters. The van der Waals surface area contributed by atoms with Crippen molar-refractivity contribution in [2.75, 3.05) is 5.43 Å². The van der Waals surface area contributed by atoms with Crippen LogP contribution >= 0.6 is 0 Å². The van der Waals surface area contributed by atoms with Gasteiger partial charge in [0, 0.05) is 12.2 Å². The highest BCUT2D eigenvalue weighted by molar-refractivity contribution is 5.41. The van der Waals surface area contributed by atoms with Crippen LogP contribution in [0.5, 0.6) is 5.75 Å². The van der Waals surface area contributed by atoms with Crippen molar-refractivity contribution in [2.45, 2.75) is 13.2 Å². The molecule has 3 nitrogen and oxygen atoms in total. The monoisotopic (exact) mass is 340 g/mol. The second-order valence-corrected chi connectivity index (χ2v) is 5.50. The summed E-state index contributed by atoms with van der Waals surface area (Å²) in [6.07, 6.45) is 0. The summed E-state index contributed by atoms with van der Waals surface area (Å²) < 4.78 is 32.0. The Kier molecular flexibility index (Phi) is 5.59. The fourth-order valence-electron chi connectivity index (χ4n) is 2.28. The summed E-state index contributed by atoms with van der Waals surface area (Å²) >= 11 is 0. The quantitative estimate of drug-likeness (QED) is 0.614. The van der Waals surface area contributed by atoms with E-state index in [2.05, 4.69) is 10.9 Å². The summed E-state index contributed by atoms with van der Waals surface area (Å²) in [6.45, 7) is 0.824. The number of rotatable bonds is 7. The number of para-hydroxylation sites is 1. The molecule has 0 aromatic heterocycles. The van der Waals surface area contributed by atoms with Crippen LogP contribution in [-0.4, -0.2) is 0 Å². The van der Waals surface area contributed by atoms with E-state index in [9.17, 15) is 8.78 Å². The van der Waals surface area contributed by atoms with E-state index in [0.717, 1.165) is 22.9 Å². The molecule has 0 amide bonds. The van der Waals surface area contributed by atoms with E-state index in [0.29, 0.717) is 6.54 Å². The van der Waals surface area contributed by atoms with E-state index < -0.39 is 11.6 Å². The van der Waals surface area contributed by atoms with Crippen LogP contribution in [0.1, 0.15) is 11.1 Å². The molecule has 0 radical (unpaired) electrons. The van der Waals surface area contributed by atoms with Gasteiger partial charge in [-0.2, -0.15) is 4.39 Å². The van der Waals surface area contributed by atoms with Crippen molar-refractivity contribution in [1.29, 1.82) is 0 Å². The van der Waals surface area contributed by atoms with Crippen molar-refractivity contribution in [2.24, 2.45) is 0 Å². The van der Waals surface area contributed by atoms with Crippen LogP contribution in [0.2, 0.25) is 0 Å². The molecule has 0 aliphatic heterocycles. The summed E-state index contributed by atoms with van der Waals surface area (Å²) in [6, 6.07) is 21.4. The Hall–Kier alpha value is -2.92. The zero-order chi connectivity index (χ0) is 17.5. The van der Waals surface area contributed by atoms with Crippen LogP contribution < -0.4 is 15.6 Å². The van der Waals surface area contributed by atoms with Crippen LogP contribution in [0.25, 0.3) is 0 Å². The first-order valence-electron chi connectivity index (χ1n) is 7.91. The second kappa shape index (κ2) is 8.26. The fourth-order valence-corrected chi connectivity index (χ4v) is 2.28. The van der Waals surface area contributed by atoms with Gasteiger partial charge in [-0.1, -0.05) is 48.5 Å². The maximum Gasteiger partial charge on any atom is 0.200 e. The predicted octanol–water partition coefficient (Wildman–Crippen LogP) is 4.66. The van der Waals surface area contributed by atoms with Crippen molar-refractivity contribution in [3.05, 3.63) is 95.6 Å². The lowest BCUT2D eigenvalue weighted by Gasteiger charge is -2.10. The van der Waals surface area contributed by atoms with Gasteiger partial charge in [-0.15, -0.1) is 0 Å². The largest absolute Gasteiger partial charge is 0.486 e. The average Bonchev–Trinajstić information content (AvgIpc) is 2.65. The number of hydrogen-bond acceptors (Lipinski definition) is 3. The first-order valence-corrected chi connectivity index (χ1v) is 7.91. The zero-order valence-corrected chi connectivity index (χ0v) is 13.5. The molecule has 0 aliphatic rings. The second-order valence-electron chi connectivity index (χ2n) is 5.50. The Bertz CT molecular complexity index is 808. The van der Waals surface area contributed by atoms with Gasteiger partial charge in [0.15, 0.2) is 11.6 Å². The molecule has 0 spiro atoms. The number of hydrogen-bond donors (Lipinski definition) is 2. The SMILES string of the molecule is Fc1cccc(OCc2ccc(CNNc3ccccc3)cc2)c1F. The fraction of sp³-hybridized carbons (Fsp3) is 0.100. The first kappa shape index (κ1) is 16.9. The maximum atomic E-state index is 13.5. The van der Waals surface area contributed by atoms with Crippen LogP contribution in [0.15, 0.2) is 72.8 Å². The molecule has 0 saturated carbocycles. The highest BCUT2D eigenvalue weighted by Crippen LogP contribution is 2.20. The minimum atomic E-state index is -0.963. The Morgan fingerprint density at radius 1 is 0.760 bits per heavy atom. The molecule has 3 aromatic rings. The van der Waals surface area contributed by atoms with Gasteiger partial charge in [0.2, 0.25) is 5.82 Å². The molecule has 0 unspecified atom stereocenters. The maximum absolute atomic E-state index is 13.5. The number of benzene rings is 3. The topological polar surface area (TPSA) is 33.3 Å². The lowest BCUT2D eigenvalue weighted by Crippen LogP contribution is -2.20. The van der Waals surface area contributed by atoms with E-state index in [1.165, 1.54) is 12.1 Å². The first-order chi connectivity index (χ1) is 12.2. The standard InChI is InChI=1S/C20H18F2N2O/c21-18-7-4-8-19(20(18)22)25-14-16-11-9-15(10-12-16)13-23-24-17-5-2-1-3-6-17/h1-12,23-24H,13-14H2. The van der Waals surface area contributed by atoms with Gasteiger partial charge in [0.05, 0.1) is 0 Å². The third kappa shape index (κ3) is 4.78. The van der Waals surface area contributed by atoms with E-state index >= 15 is 0 Å². The molecule has 3 rings (SSSR count). The summed E-state index contributed by atoms with van der Waals surface area (Å²) in [7, 11) is 0. The Morgan fingerprint density at radius 2 is 1.48 bits per heavy atom. The number of hydrazine groups is 1. The number of anilines is 1. The Balaban J connectivity index is 1.49. The minimum absolute atomic E-state index is 0.0854. The summed E-state index contributed by atoms with van der Waals surface area (Å²) in [5.41, 5.74) is 9.21. The highest BCUT2D eigenvalue weighted by Gasteiger charge is 2.08. The smallest absolute Gasteiger partial charge is 0.200 e. The van der Waals surface area contributed by atoms with Crippen molar-refractivity contribution < 1.29 is 13.5 Å². The number of ether oxygens (including phenoxy) is 1. The molecule has 25 heavy (non-hydrogen) atoms. The van der Waals surface area contributed by atoms with Gasteiger partial charge < -0.3 is 10.2 Å². The molecule has 3 aromatic carbocycles. The molecule has 0 aliphatic carbocycles. The molecule has 128 valence electrons. The van der Waals surface area contributed by atoms with Crippen molar-refractivity contribution >= 4 is 5.69 Å². The van der Waals surface area contributed by atoms with Crippen LogP contribution in [0.4, 0.5) is 14.5 Å². The Labute approximate surface area is 145 Å². The van der Waals surface area contributed by atoms with Gasteiger partial charge >= 0.3 is 0 Å². The van der Waals surface area contributed by atoms with Gasteiger partial charge in [-0.05, 0) is 35.4 Å². The predicted molar refractivity (Wildman–Crippen MR) is 94.0 cm³/mol. The molecule has 0 heterocycles. The minimum Gasteiger partial charge on any atom is -0.486 e. The van der Waals surface area contributed by atoms with Crippen molar-refractivity contribution in [3.63, 3.8) is 0 Å². The number of halogens is 2. The van der Waals surface area contributed by atoms with Crippen LogP contribution in [0, 0.1) is 11.6 Å². The van der Waals surface area contributed by atoms with E-state index in [4.69, 9.17) is 4.74 Å². The van der Waals surface area contributed by atoms with E-state index in [1.807, 2.05) is 54.6 Å². The summed E-state index contributed by atoms with van der Waals surface area (Å²) in [4.78, 5) is 0. The molecular formula is C20H18F2N2O. The molecule has 0 saturated heterocycles. The van der Waals surface area contributed by atoms with Gasteiger partial charge in [-0.25, -0.2) is 9.82 Å². The molecular weight excluding hydrogens is 322 g/mol. The lowest BCUT2D eigenvalue weighted by atomic mass is 10.1. The molecule has 5 heteroatoms. The molecule has 2 N–H and O–H groups in total. The summed E-state index contributed by atoms with van der Waals surface area (Å²) in [5.74, 6) is -1.96. The van der Waals surface area contributed by atoms with Crippen LogP contribution in [-0.2, 0) is 13.2 Å².